The maximum absolute atomic E-state index is 12.4. The standard InChI is InChI=1S/C19H16N2O5S/c1-2-26-19(23)15-11-17(21(24)25)27-18(15)20-16(22)10-12-7-8-13-5-3-4-6-14(13)9-12/h3-9,11H,2,10H2,1H3,(H,20,22). The van der Waals surface area contributed by atoms with Gasteiger partial charge in [0.25, 0.3) is 0 Å². The van der Waals surface area contributed by atoms with E-state index in [9.17, 15) is 19.7 Å². The number of nitrogens with zero attached hydrogens (tertiary/aromatic N) is 1. The molecule has 1 N–H and O–H groups in total. The van der Waals surface area contributed by atoms with Gasteiger partial charge in [-0.05, 0) is 34.6 Å². The average Bonchev–Trinajstić information content (AvgIpc) is 3.06. The number of fused-ring (bicyclic) bond motifs is 1. The Hall–Kier alpha value is -3.26. The number of benzene rings is 2. The van der Waals surface area contributed by atoms with Crippen molar-refractivity contribution in [2.24, 2.45) is 0 Å². The molecule has 2 aromatic carbocycles. The molecule has 0 radical (unpaired) electrons. The van der Waals surface area contributed by atoms with Crippen LogP contribution in [0.5, 0.6) is 0 Å². The van der Waals surface area contributed by atoms with Crippen LogP contribution >= 0.6 is 11.3 Å². The molecule has 0 aliphatic heterocycles. The van der Waals surface area contributed by atoms with Crippen LogP contribution in [-0.4, -0.2) is 23.4 Å². The Morgan fingerprint density at radius 2 is 1.89 bits per heavy atom. The Morgan fingerprint density at radius 1 is 1.15 bits per heavy atom. The van der Waals surface area contributed by atoms with E-state index in [2.05, 4.69) is 5.32 Å². The molecule has 0 unspecified atom stereocenters. The molecular weight excluding hydrogens is 368 g/mol. The van der Waals surface area contributed by atoms with Crippen LogP contribution in [-0.2, 0) is 16.0 Å². The summed E-state index contributed by atoms with van der Waals surface area (Å²) in [6.07, 6.45) is 0.0821. The SMILES string of the molecule is CCOC(=O)c1cc([N+](=O)[O-])sc1NC(=O)Cc1ccc2ccccc2c1. The van der Waals surface area contributed by atoms with Crippen LogP contribution in [0.4, 0.5) is 10.0 Å². The summed E-state index contributed by atoms with van der Waals surface area (Å²) in [7, 11) is 0. The number of hydrogen-bond acceptors (Lipinski definition) is 6. The number of carbonyl (C=O) groups excluding carboxylic acids is 2. The van der Waals surface area contributed by atoms with Crippen molar-refractivity contribution in [3.8, 4) is 0 Å². The third kappa shape index (κ3) is 4.29. The van der Waals surface area contributed by atoms with Crippen molar-refractivity contribution < 1.29 is 19.2 Å². The van der Waals surface area contributed by atoms with E-state index in [1.165, 1.54) is 0 Å². The number of nitro groups is 1. The molecule has 0 aliphatic carbocycles. The number of nitrogens with one attached hydrogen (secondary N) is 1. The van der Waals surface area contributed by atoms with Gasteiger partial charge >= 0.3 is 11.0 Å². The van der Waals surface area contributed by atoms with Gasteiger partial charge in [0, 0.05) is 6.07 Å². The van der Waals surface area contributed by atoms with Crippen molar-refractivity contribution in [2.75, 3.05) is 11.9 Å². The molecule has 0 aliphatic rings. The zero-order valence-electron chi connectivity index (χ0n) is 14.4. The molecule has 27 heavy (non-hydrogen) atoms. The number of carbonyl (C=O) groups is 2. The molecule has 7 nitrogen and oxygen atoms in total. The van der Waals surface area contributed by atoms with E-state index in [-0.39, 0.29) is 34.5 Å². The van der Waals surface area contributed by atoms with E-state index in [4.69, 9.17) is 4.74 Å². The Balaban J connectivity index is 1.79. The second-order valence-electron chi connectivity index (χ2n) is 5.71. The molecule has 3 aromatic rings. The smallest absolute Gasteiger partial charge is 0.341 e. The largest absolute Gasteiger partial charge is 0.462 e. The fraction of sp³-hybridized carbons (Fsp3) is 0.158. The Kier molecular flexibility index (Phi) is 5.46. The van der Waals surface area contributed by atoms with Gasteiger partial charge in [-0.3, -0.25) is 14.9 Å². The summed E-state index contributed by atoms with van der Waals surface area (Å²) in [4.78, 5) is 34.8. The second kappa shape index (κ2) is 7.96. The molecule has 1 aromatic heterocycles. The van der Waals surface area contributed by atoms with Crippen LogP contribution in [0.1, 0.15) is 22.8 Å². The van der Waals surface area contributed by atoms with E-state index in [1.54, 1.807) is 6.92 Å². The lowest BCUT2D eigenvalue weighted by Gasteiger charge is -2.07. The van der Waals surface area contributed by atoms with Crippen molar-refractivity contribution >= 4 is 44.0 Å². The van der Waals surface area contributed by atoms with E-state index in [1.807, 2.05) is 42.5 Å². The quantitative estimate of drug-likeness (QED) is 0.391. The number of amides is 1. The Labute approximate surface area is 158 Å². The molecular formula is C19H16N2O5S. The van der Waals surface area contributed by atoms with E-state index in [0.717, 1.165) is 33.7 Å². The number of hydrogen-bond donors (Lipinski definition) is 1. The van der Waals surface area contributed by atoms with Crippen LogP contribution < -0.4 is 5.32 Å². The maximum Gasteiger partial charge on any atom is 0.341 e. The predicted molar refractivity (Wildman–Crippen MR) is 103 cm³/mol. The topological polar surface area (TPSA) is 98.5 Å². The average molecular weight is 384 g/mol. The van der Waals surface area contributed by atoms with Crippen LogP contribution in [0, 0.1) is 10.1 Å². The molecule has 8 heteroatoms. The Morgan fingerprint density at radius 3 is 2.59 bits per heavy atom. The van der Waals surface area contributed by atoms with Gasteiger partial charge < -0.3 is 10.1 Å². The van der Waals surface area contributed by atoms with Gasteiger partial charge in [-0.15, -0.1) is 0 Å². The van der Waals surface area contributed by atoms with Crippen LogP contribution in [0.15, 0.2) is 48.5 Å². The van der Waals surface area contributed by atoms with Gasteiger partial charge in [0.1, 0.15) is 10.6 Å². The first-order valence-electron chi connectivity index (χ1n) is 8.20. The molecule has 138 valence electrons. The van der Waals surface area contributed by atoms with Crippen LogP contribution in [0.2, 0.25) is 0 Å². The highest BCUT2D eigenvalue weighted by Crippen LogP contribution is 2.34. The lowest BCUT2D eigenvalue weighted by Crippen LogP contribution is -2.16. The highest BCUT2D eigenvalue weighted by Gasteiger charge is 2.24. The van der Waals surface area contributed by atoms with Crippen molar-refractivity contribution in [2.45, 2.75) is 13.3 Å². The third-order valence-electron chi connectivity index (χ3n) is 3.83. The predicted octanol–water partition coefficient (Wildman–Crippen LogP) is 4.17. The summed E-state index contributed by atoms with van der Waals surface area (Å²) in [6, 6.07) is 14.6. The number of ether oxygens (including phenoxy) is 1. The second-order valence-corrected chi connectivity index (χ2v) is 6.74. The monoisotopic (exact) mass is 384 g/mol. The van der Waals surface area contributed by atoms with Gasteiger partial charge in [-0.2, -0.15) is 0 Å². The first-order valence-corrected chi connectivity index (χ1v) is 9.02. The molecule has 0 saturated heterocycles. The van der Waals surface area contributed by atoms with Gasteiger partial charge in [-0.1, -0.05) is 42.5 Å². The molecule has 0 fully saturated rings. The third-order valence-corrected chi connectivity index (χ3v) is 4.83. The molecule has 1 heterocycles. The molecule has 0 atom stereocenters. The Bertz CT molecular complexity index is 1030. The summed E-state index contributed by atoms with van der Waals surface area (Å²) in [5.74, 6) is -1.07. The normalized spacial score (nSPS) is 10.6. The van der Waals surface area contributed by atoms with Crippen molar-refractivity contribution in [1.82, 2.24) is 0 Å². The van der Waals surface area contributed by atoms with Crippen molar-refractivity contribution in [3.63, 3.8) is 0 Å². The molecule has 0 saturated carbocycles. The summed E-state index contributed by atoms with van der Waals surface area (Å²) < 4.78 is 4.90. The minimum absolute atomic E-state index is 0.0135. The van der Waals surface area contributed by atoms with E-state index in [0.29, 0.717) is 0 Å². The van der Waals surface area contributed by atoms with Gasteiger partial charge in [0.2, 0.25) is 5.91 Å². The first kappa shape index (κ1) is 18.5. The summed E-state index contributed by atoms with van der Waals surface area (Å²) in [6.45, 7) is 1.77. The maximum atomic E-state index is 12.4. The van der Waals surface area contributed by atoms with Crippen molar-refractivity contribution in [1.29, 1.82) is 0 Å². The first-order chi connectivity index (χ1) is 13.0. The van der Waals surface area contributed by atoms with Gasteiger partial charge in [0.15, 0.2) is 0 Å². The van der Waals surface area contributed by atoms with E-state index >= 15 is 0 Å². The molecule has 3 rings (SSSR count). The fourth-order valence-corrected chi connectivity index (χ4v) is 3.50. The van der Waals surface area contributed by atoms with Crippen LogP contribution in [0.3, 0.4) is 0 Å². The minimum Gasteiger partial charge on any atom is -0.462 e. The number of rotatable bonds is 6. The summed E-state index contributed by atoms with van der Waals surface area (Å²) >= 11 is 0.731. The van der Waals surface area contributed by atoms with E-state index < -0.39 is 10.9 Å². The lowest BCUT2D eigenvalue weighted by molar-refractivity contribution is -0.380. The van der Waals surface area contributed by atoms with Gasteiger partial charge in [-0.25, -0.2) is 4.79 Å². The number of anilines is 1. The number of thiophene rings is 1. The zero-order chi connectivity index (χ0) is 19.4. The highest BCUT2D eigenvalue weighted by atomic mass is 32.1. The van der Waals surface area contributed by atoms with Gasteiger partial charge in [0.05, 0.1) is 18.0 Å². The highest BCUT2D eigenvalue weighted by molar-refractivity contribution is 7.19. The molecule has 1 amide bonds. The zero-order valence-corrected chi connectivity index (χ0v) is 15.2. The molecule has 0 bridgehead atoms. The molecule has 0 spiro atoms. The minimum atomic E-state index is -0.706. The fourth-order valence-electron chi connectivity index (χ4n) is 2.63. The summed E-state index contributed by atoms with van der Waals surface area (Å²) in [5.41, 5.74) is 0.787. The van der Waals surface area contributed by atoms with Crippen molar-refractivity contribution in [3.05, 3.63) is 69.8 Å². The number of esters is 1. The lowest BCUT2D eigenvalue weighted by atomic mass is 10.0. The summed E-state index contributed by atoms with van der Waals surface area (Å²) in [5, 5.41) is 15.6. The van der Waals surface area contributed by atoms with Crippen LogP contribution in [0.25, 0.3) is 10.8 Å².